The minimum atomic E-state index is -4.06. The van der Waals surface area contributed by atoms with Crippen molar-refractivity contribution in [1.82, 2.24) is 0 Å². The van der Waals surface area contributed by atoms with Crippen LogP contribution in [0.5, 0.6) is 0 Å². The van der Waals surface area contributed by atoms with Gasteiger partial charge in [0.05, 0.1) is 11.5 Å². The topological polar surface area (TPSA) is 74.6 Å². The molecule has 0 spiro atoms. The van der Waals surface area contributed by atoms with E-state index in [2.05, 4.69) is 0 Å². The molecule has 0 aromatic rings. The average molecular weight is 152 g/mol. The molecule has 0 fully saturated rings. The zero-order valence-electron chi connectivity index (χ0n) is 4.85. The summed E-state index contributed by atoms with van der Waals surface area (Å²) in [4.78, 5) is 0. The molecule has 54 valence electrons. The van der Waals surface area contributed by atoms with Gasteiger partial charge < -0.3 is 5.11 Å². The Hall–Kier alpha value is -0.390. The van der Waals surface area contributed by atoms with E-state index in [0.29, 0.717) is 5.41 Å². The highest BCUT2D eigenvalue weighted by Crippen LogP contribution is 1.87. The molecule has 0 saturated carbocycles. The van der Waals surface area contributed by atoms with Crippen LogP contribution in [0.3, 0.4) is 0 Å². The minimum absolute atomic E-state index is 0.539. The molecule has 2 N–H and O–H groups in total. The molecule has 0 radical (unpaired) electrons. The Labute approximate surface area is 53.6 Å². The summed E-state index contributed by atoms with van der Waals surface area (Å²) in [6, 6.07) is 0. The fraction of sp³-hybridized carbons (Fsp3) is 0.500. The third kappa shape index (κ3) is 7.61. The van der Waals surface area contributed by atoms with Gasteiger partial charge in [-0.05, 0) is 13.0 Å². The maximum absolute atomic E-state index is 9.89. The molecule has 0 bridgehead atoms. The lowest BCUT2D eigenvalue weighted by Crippen LogP contribution is -1.96. The van der Waals surface area contributed by atoms with Gasteiger partial charge in [-0.15, -0.1) is 0 Å². The Morgan fingerprint density at radius 1 is 1.56 bits per heavy atom. The van der Waals surface area contributed by atoms with Crippen LogP contribution < -0.4 is 0 Å². The molecule has 9 heavy (non-hydrogen) atoms. The van der Waals surface area contributed by atoms with E-state index in [1.54, 1.807) is 0 Å². The van der Waals surface area contributed by atoms with Crippen molar-refractivity contribution in [3.8, 4) is 0 Å². The fourth-order valence-corrected chi connectivity index (χ4v) is 0.639. The second kappa shape index (κ2) is 2.95. The van der Waals surface area contributed by atoms with E-state index < -0.39 is 16.2 Å². The van der Waals surface area contributed by atoms with Crippen LogP contribution in [0, 0.1) is 0 Å². The second-order valence-electron chi connectivity index (χ2n) is 1.58. The van der Waals surface area contributed by atoms with Crippen LogP contribution in [0.4, 0.5) is 0 Å². The Kier molecular flexibility index (Phi) is 2.83. The Balaban J connectivity index is 4.03. The van der Waals surface area contributed by atoms with E-state index >= 15 is 0 Å². The molecule has 1 unspecified atom stereocenters. The van der Waals surface area contributed by atoms with Crippen molar-refractivity contribution in [2.75, 3.05) is 0 Å². The Bertz CT molecular complexity index is 189. The van der Waals surface area contributed by atoms with Crippen molar-refractivity contribution < 1.29 is 18.1 Å². The summed E-state index contributed by atoms with van der Waals surface area (Å²) in [7, 11) is -4.06. The van der Waals surface area contributed by atoms with Gasteiger partial charge in [0, 0.05) is 0 Å². The van der Waals surface area contributed by atoms with Crippen molar-refractivity contribution in [3.63, 3.8) is 0 Å². The van der Waals surface area contributed by atoms with Gasteiger partial charge in [-0.1, -0.05) is 0 Å². The predicted molar refractivity (Wildman–Crippen MR) is 32.4 cm³/mol. The molecular formula is C4H8O4S. The maximum Gasteiger partial charge on any atom is 0.287 e. The number of aliphatic hydroxyl groups excluding tert-OH is 1. The van der Waals surface area contributed by atoms with Crippen LogP contribution in [0.25, 0.3) is 0 Å². The largest absolute Gasteiger partial charge is 0.389 e. The smallest absolute Gasteiger partial charge is 0.287 e. The lowest BCUT2D eigenvalue weighted by atomic mass is 10.4. The highest BCUT2D eigenvalue weighted by atomic mass is 32.2. The molecule has 0 rings (SSSR count). The number of hydrogen-bond donors (Lipinski definition) is 2. The molecule has 0 aliphatic carbocycles. The maximum atomic E-state index is 9.89. The summed E-state index contributed by atoms with van der Waals surface area (Å²) in [5.74, 6) is 0. The predicted octanol–water partition coefficient (Wildman–Crippen LogP) is -0.231. The van der Waals surface area contributed by atoms with Crippen LogP contribution in [0.15, 0.2) is 11.5 Å². The van der Waals surface area contributed by atoms with Crippen molar-refractivity contribution in [2.45, 2.75) is 13.0 Å². The first kappa shape index (κ1) is 8.61. The van der Waals surface area contributed by atoms with Gasteiger partial charge in [0.1, 0.15) is 0 Å². The molecule has 0 aromatic carbocycles. The lowest BCUT2D eigenvalue weighted by Gasteiger charge is -1.89. The first-order valence-corrected chi connectivity index (χ1v) is 3.76. The summed E-state index contributed by atoms with van der Waals surface area (Å²) >= 11 is 0. The Morgan fingerprint density at radius 2 is 2.00 bits per heavy atom. The van der Waals surface area contributed by atoms with Crippen molar-refractivity contribution in [1.29, 1.82) is 0 Å². The first-order valence-electron chi connectivity index (χ1n) is 2.25. The van der Waals surface area contributed by atoms with Crippen molar-refractivity contribution in [2.24, 2.45) is 0 Å². The van der Waals surface area contributed by atoms with Gasteiger partial charge in [-0.25, -0.2) is 0 Å². The first-order chi connectivity index (χ1) is 3.92. The molecule has 0 saturated heterocycles. The Morgan fingerprint density at radius 3 is 2.11 bits per heavy atom. The van der Waals surface area contributed by atoms with Gasteiger partial charge in [0.25, 0.3) is 10.1 Å². The third-order valence-electron chi connectivity index (χ3n) is 0.529. The van der Waals surface area contributed by atoms with Crippen LogP contribution >= 0.6 is 0 Å². The molecule has 0 aliphatic heterocycles. The zero-order valence-corrected chi connectivity index (χ0v) is 5.67. The molecule has 1 atom stereocenters. The normalized spacial score (nSPS) is 16.3. The highest BCUT2D eigenvalue weighted by Gasteiger charge is 1.95. The van der Waals surface area contributed by atoms with Crippen molar-refractivity contribution in [3.05, 3.63) is 11.5 Å². The summed E-state index contributed by atoms with van der Waals surface area (Å²) < 4.78 is 27.8. The van der Waals surface area contributed by atoms with Gasteiger partial charge in [0.15, 0.2) is 0 Å². The standard InChI is InChI=1S/C4H8O4S/c1-4(5)2-3-9(6,7)8/h2-5H,1H3,(H,6,7,8)/b3-2+. The van der Waals surface area contributed by atoms with E-state index in [1.165, 1.54) is 6.92 Å². The quantitative estimate of drug-likeness (QED) is 0.536. The van der Waals surface area contributed by atoms with E-state index in [9.17, 15) is 8.42 Å². The monoisotopic (exact) mass is 152 g/mol. The van der Waals surface area contributed by atoms with Crippen LogP contribution in [0.1, 0.15) is 6.92 Å². The molecule has 0 amide bonds. The van der Waals surface area contributed by atoms with E-state index in [4.69, 9.17) is 9.66 Å². The van der Waals surface area contributed by atoms with E-state index in [-0.39, 0.29) is 0 Å². The number of rotatable bonds is 2. The summed E-state index contributed by atoms with van der Waals surface area (Å²) in [6.45, 7) is 1.38. The van der Waals surface area contributed by atoms with Gasteiger partial charge >= 0.3 is 0 Å². The molecule has 4 nitrogen and oxygen atoms in total. The summed E-state index contributed by atoms with van der Waals surface area (Å²) in [6.07, 6.45) is 0.113. The number of hydrogen-bond acceptors (Lipinski definition) is 3. The van der Waals surface area contributed by atoms with Gasteiger partial charge in [0.2, 0.25) is 0 Å². The van der Waals surface area contributed by atoms with E-state index in [1.807, 2.05) is 0 Å². The molecule has 0 heterocycles. The minimum Gasteiger partial charge on any atom is -0.389 e. The highest BCUT2D eigenvalue weighted by molar-refractivity contribution is 7.88. The molecule has 5 heteroatoms. The van der Waals surface area contributed by atoms with Crippen LogP contribution in [-0.4, -0.2) is 24.2 Å². The molecule has 0 aliphatic rings. The zero-order chi connectivity index (χ0) is 7.49. The summed E-state index contributed by atoms with van der Waals surface area (Å²) in [5, 5.41) is 8.99. The summed E-state index contributed by atoms with van der Waals surface area (Å²) in [5.41, 5.74) is 0. The average Bonchev–Trinajstić information content (AvgIpc) is 1.59. The van der Waals surface area contributed by atoms with Crippen LogP contribution in [0.2, 0.25) is 0 Å². The fourth-order valence-electron chi connectivity index (χ4n) is 0.213. The molecular weight excluding hydrogens is 144 g/mol. The van der Waals surface area contributed by atoms with E-state index in [0.717, 1.165) is 6.08 Å². The lowest BCUT2D eigenvalue weighted by molar-refractivity contribution is 0.244. The third-order valence-corrected chi connectivity index (χ3v) is 1.03. The molecule has 0 aromatic heterocycles. The van der Waals surface area contributed by atoms with Crippen LogP contribution in [-0.2, 0) is 10.1 Å². The van der Waals surface area contributed by atoms with Gasteiger partial charge in [-0.2, -0.15) is 8.42 Å². The second-order valence-corrected chi connectivity index (χ2v) is 2.89. The van der Waals surface area contributed by atoms with Crippen molar-refractivity contribution >= 4 is 10.1 Å². The number of aliphatic hydroxyl groups is 1. The SMILES string of the molecule is CC(O)/C=C/S(=O)(=O)O. The van der Waals surface area contributed by atoms with Gasteiger partial charge in [-0.3, -0.25) is 4.55 Å².